The SMILES string of the molecule is C[C@H]1OCCN[C@@H]1C(=O)N1CCN(C(=O)c2ccccc2OC(F)F)CC1.Cl. The van der Waals surface area contributed by atoms with E-state index >= 15 is 0 Å². The van der Waals surface area contributed by atoms with E-state index in [0.717, 1.165) is 0 Å². The van der Waals surface area contributed by atoms with E-state index in [9.17, 15) is 18.4 Å². The standard InChI is InChI=1S/C18H23F2N3O4.ClH/c1-12-15(21-6-11-26-12)17(25)23-9-7-22(8-10-23)16(24)13-4-2-3-5-14(13)27-18(19)20;/h2-5,12,15,18,21H,6-11H2,1H3;1H/t12-,15+;/m1./s1. The smallest absolute Gasteiger partial charge is 0.387 e. The first-order valence-corrected chi connectivity index (χ1v) is 8.94. The zero-order valence-corrected chi connectivity index (χ0v) is 16.3. The van der Waals surface area contributed by atoms with E-state index in [1.54, 1.807) is 15.9 Å². The summed E-state index contributed by atoms with van der Waals surface area (Å²) in [6.07, 6.45) is -0.204. The van der Waals surface area contributed by atoms with Gasteiger partial charge in [0.1, 0.15) is 11.8 Å². The molecule has 2 fully saturated rings. The molecule has 2 atom stereocenters. The molecule has 1 aromatic carbocycles. The number of carbonyl (C=O) groups is 2. The van der Waals surface area contributed by atoms with Crippen molar-refractivity contribution in [3.8, 4) is 5.75 Å². The molecule has 0 spiro atoms. The van der Waals surface area contributed by atoms with E-state index in [1.807, 2.05) is 6.92 Å². The van der Waals surface area contributed by atoms with E-state index in [-0.39, 0.29) is 47.7 Å². The Morgan fingerprint density at radius 3 is 2.46 bits per heavy atom. The summed E-state index contributed by atoms with van der Waals surface area (Å²) in [6.45, 7) is 1.48. The van der Waals surface area contributed by atoms with Gasteiger partial charge in [0.05, 0.1) is 18.3 Å². The van der Waals surface area contributed by atoms with E-state index in [4.69, 9.17) is 4.74 Å². The third kappa shape index (κ3) is 5.09. The van der Waals surface area contributed by atoms with Gasteiger partial charge in [-0.25, -0.2) is 0 Å². The Balaban J connectivity index is 0.00000280. The summed E-state index contributed by atoms with van der Waals surface area (Å²) in [7, 11) is 0. The lowest BCUT2D eigenvalue weighted by molar-refractivity contribution is -0.141. The fourth-order valence-corrected chi connectivity index (χ4v) is 3.35. The van der Waals surface area contributed by atoms with Crippen molar-refractivity contribution in [2.24, 2.45) is 0 Å². The van der Waals surface area contributed by atoms with Crippen molar-refractivity contribution in [1.82, 2.24) is 15.1 Å². The van der Waals surface area contributed by atoms with Gasteiger partial charge in [0.25, 0.3) is 5.91 Å². The Labute approximate surface area is 168 Å². The molecule has 0 radical (unpaired) electrons. The summed E-state index contributed by atoms with van der Waals surface area (Å²) in [5, 5.41) is 3.17. The summed E-state index contributed by atoms with van der Waals surface area (Å²) in [4.78, 5) is 28.6. The molecule has 0 aliphatic carbocycles. The van der Waals surface area contributed by atoms with Gasteiger partial charge in [-0.2, -0.15) is 8.78 Å². The number of halogens is 3. The van der Waals surface area contributed by atoms with Gasteiger partial charge in [0.2, 0.25) is 5.91 Å². The molecule has 2 saturated heterocycles. The second-order valence-electron chi connectivity index (χ2n) is 6.50. The molecule has 0 aromatic heterocycles. The van der Waals surface area contributed by atoms with Gasteiger partial charge in [-0.1, -0.05) is 12.1 Å². The molecule has 0 saturated carbocycles. The van der Waals surface area contributed by atoms with E-state index in [1.165, 1.54) is 18.2 Å². The van der Waals surface area contributed by atoms with Crippen LogP contribution >= 0.6 is 12.4 Å². The maximum atomic E-state index is 12.7. The van der Waals surface area contributed by atoms with Gasteiger partial charge in [-0.3, -0.25) is 9.59 Å². The summed E-state index contributed by atoms with van der Waals surface area (Å²) < 4.78 is 35.0. The number of ether oxygens (including phenoxy) is 2. The Kier molecular flexibility index (Phi) is 7.97. The highest BCUT2D eigenvalue weighted by Gasteiger charge is 2.34. The van der Waals surface area contributed by atoms with Crippen LogP contribution in [0.15, 0.2) is 24.3 Å². The number of benzene rings is 1. The fraction of sp³-hybridized carbons (Fsp3) is 0.556. The number of alkyl halides is 2. The Morgan fingerprint density at radius 2 is 1.82 bits per heavy atom. The van der Waals surface area contributed by atoms with Crippen molar-refractivity contribution < 1.29 is 27.8 Å². The van der Waals surface area contributed by atoms with Crippen LogP contribution < -0.4 is 10.1 Å². The van der Waals surface area contributed by atoms with Crippen molar-refractivity contribution in [3.05, 3.63) is 29.8 Å². The van der Waals surface area contributed by atoms with Crippen LogP contribution in [0.4, 0.5) is 8.78 Å². The van der Waals surface area contributed by atoms with Crippen LogP contribution in [0.1, 0.15) is 17.3 Å². The van der Waals surface area contributed by atoms with E-state index in [0.29, 0.717) is 39.3 Å². The minimum Gasteiger partial charge on any atom is -0.434 e. The summed E-state index contributed by atoms with van der Waals surface area (Å²) >= 11 is 0. The molecule has 10 heteroatoms. The van der Waals surface area contributed by atoms with E-state index in [2.05, 4.69) is 10.1 Å². The lowest BCUT2D eigenvalue weighted by Gasteiger charge is -2.38. The number of rotatable bonds is 4. The summed E-state index contributed by atoms with van der Waals surface area (Å²) in [5.74, 6) is -0.574. The molecule has 0 bridgehead atoms. The molecule has 2 aliphatic heterocycles. The molecule has 0 unspecified atom stereocenters. The quantitative estimate of drug-likeness (QED) is 0.798. The van der Waals surface area contributed by atoms with Crippen LogP contribution in [-0.4, -0.2) is 79.7 Å². The minimum absolute atomic E-state index is 0. The van der Waals surface area contributed by atoms with Crippen LogP contribution in [0.25, 0.3) is 0 Å². The van der Waals surface area contributed by atoms with Gasteiger partial charge in [0, 0.05) is 32.7 Å². The maximum absolute atomic E-state index is 12.7. The Hall–Kier alpha value is -1.97. The third-order valence-electron chi connectivity index (χ3n) is 4.79. The zero-order valence-electron chi connectivity index (χ0n) is 15.5. The fourth-order valence-electron chi connectivity index (χ4n) is 3.35. The number of para-hydroxylation sites is 1. The average molecular weight is 420 g/mol. The first-order valence-electron chi connectivity index (χ1n) is 8.94. The number of piperazine rings is 1. The number of hydrogen-bond acceptors (Lipinski definition) is 5. The minimum atomic E-state index is -3.00. The number of hydrogen-bond donors (Lipinski definition) is 1. The molecular formula is C18H24ClF2N3O4. The Bertz CT molecular complexity index is 687. The monoisotopic (exact) mass is 419 g/mol. The van der Waals surface area contributed by atoms with Gasteiger partial charge in [-0.15, -0.1) is 12.4 Å². The van der Waals surface area contributed by atoms with Crippen molar-refractivity contribution in [2.45, 2.75) is 25.7 Å². The predicted molar refractivity (Wildman–Crippen MR) is 100 cm³/mol. The van der Waals surface area contributed by atoms with Crippen LogP contribution in [0.3, 0.4) is 0 Å². The molecule has 28 heavy (non-hydrogen) atoms. The molecular weight excluding hydrogens is 396 g/mol. The number of morpholine rings is 1. The number of carbonyl (C=O) groups excluding carboxylic acids is 2. The lowest BCUT2D eigenvalue weighted by Crippen LogP contribution is -2.60. The van der Waals surface area contributed by atoms with Crippen molar-refractivity contribution in [2.75, 3.05) is 39.3 Å². The molecule has 3 rings (SSSR count). The molecule has 2 aliphatic rings. The predicted octanol–water partition coefficient (Wildman–Crippen LogP) is 1.37. The van der Waals surface area contributed by atoms with Gasteiger partial charge in [0.15, 0.2) is 0 Å². The van der Waals surface area contributed by atoms with Gasteiger partial charge < -0.3 is 24.6 Å². The molecule has 1 aromatic rings. The van der Waals surface area contributed by atoms with Gasteiger partial charge in [-0.05, 0) is 19.1 Å². The molecule has 156 valence electrons. The largest absolute Gasteiger partial charge is 0.434 e. The van der Waals surface area contributed by atoms with Crippen molar-refractivity contribution in [3.63, 3.8) is 0 Å². The van der Waals surface area contributed by atoms with Crippen molar-refractivity contribution >= 4 is 24.2 Å². The first-order chi connectivity index (χ1) is 13.0. The number of amides is 2. The normalized spacial score (nSPS) is 22.6. The molecule has 2 amide bonds. The van der Waals surface area contributed by atoms with Crippen molar-refractivity contribution in [1.29, 1.82) is 0 Å². The highest BCUT2D eigenvalue weighted by Crippen LogP contribution is 2.22. The van der Waals surface area contributed by atoms with Crippen LogP contribution in [0, 0.1) is 0 Å². The number of nitrogens with zero attached hydrogens (tertiary/aromatic N) is 2. The first kappa shape index (κ1) is 22.3. The molecule has 2 heterocycles. The highest BCUT2D eigenvalue weighted by molar-refractivity contribution is 5.97. The average Bonchev–Trinajstić information content (AvgIpc) is 2.67. The summed E-state index contributed by atoms with van der Waals surface area (Å²) in [5.41, 5.74) is 0.0912. The van der Waals surface area contributed by atoms with E-state index < -0.39 is 6.61 Å². The van der Waals surface area contributed by atoms with Gasteiger partial charge >= 0.3 is 6.61 Å². The number of nitrogens with one attached hydrogen (secondary N) is 1. The third-order valence-corrected chi connectivity index (χ3v) is 4.79. The Morgan fingerprint density at radius 1 is 1.18 bits per heavy atom. The lowest BCUT2D eigenvalue weighted by atomic mass is 10.1. The zero-order chi connectivity index (χ0) is 19.4. The topological polar surface area (TPSA) is 71.1 Å². The van der Waals surface area contributed by atoms with Crippen LogP contribution in [0.5, 0.6) is 5.75 Å². The molecule has 1 N–H and O–H groups in total. The summed E-state index contributed by atoms with van der Waals surface area (Å²) in [6, 6.07) is 5.55. The second-order valence-corrected chi connectivity index (χ2v) is 6.50. The van der Waals surface area contributed by atoms with Crippen LogP contribution in [0.2, 0.25) is 0 Å². The highest BCUT2D eigenvalue weighted by atomic mass is 35.5. The van der Waals surface area contributed by atoms with Crippen LogP contribution in [-0.2, 0) is 9.53 Å². The maximum Gasteiger partial charge on any atom is 0.387 e. The second kappa shape index (κ2) is 9.99. The molecule has 7 nitrogen and oxygen atoms in total.